The highest BCUT2D eigenvalue weighted by Gasteiger charge is 2.34. The van der Waals surface area contributed by atoms with Crippen LogP contribution in [0.5, 0.6) is 5.75 Å². The quantitative estimate of drug-likeness (QED) is 0.434. The van der Waals surface area contributed by atoms with Crippen LogP contribution in [0.3, 0.4) is 0 Å². The third kappa shape index (κ3) is 5.57. The summed E-state index contributed by atoms with van der Waals surface area (Å²) in [6.07, 6.45) is -5.82. The molecule has 0 radical (unpaired) electrons. The van der Waals surface area contributed by atoms with Crippen LogP contribution in [0.2, 0.25) is 0 Å². The smallest absolute Gasteiger partial charge is 0.418 e. The molecule has 0 aliphatic heterocycles. The third-order valence-corrected chi connectivity index (χ3v) is 4.56. The lowest BCUT2D eigenvalue weighted by Crippen LogP contribution is -2.48. The number of carbonyl (C=O) groups is 2. The fourth-order valence-electron chi connectivity index (χ4n) is 2.90. The largest absolute Gasteiger partial charge is 0.481 e. The van der Waals surface area contributed by atoms with E-state index in [2.05, 4.69) is 5.10 Å². The Kier molecular flexibility index (Phi) is 6.99. The molecule has 0 bridgehead atoms. The Labute approximate surface area is 190 Å². The van der Waals surface area contributed by atoms with Crippen LogP contribution in [0.25, 0.3) is 5.69 Å². The molecule has 1 atom stereocenters. The Hall–Kier alpha value is -4.22. The fraction of sp³-hybridized carbons (Fsp3) is 0.182. The number of hydrogen-bond acceptors (Lipinski definition) is 5. The summed E-state index contributed by atoms with van der Waals surface area (Å²) in [5.41, 5.74) is 1.09. The normalized spacial score (nSPS) is 12.1. The zero-order chi connectivity index (χ0) is 25.0. The summed E-state index contributed by atoms with van der Waals surface area (Å²) in [4.78, 5) is 36.9. The van der Waals surface area contributed by atoms with Gasteiger partial charge in [0.25, 0.3) is 11.8 Å². The number of para-hydroxylation sites is 1. The lowest BCUT2D eigenvalue weighted by molar-refractivity contribution is -0.137. The van der Waals surface area contributed by atoms with Crippen LogP contribution in [0.4, 0.5) is 17.6 Å². The van der Waals surface area contributed by atoms with Gasteiger partial charge in [-0.1, -0.05) is 12.1 Å². The van der Waals surface area contributed by atoms with Crippen LogP contribution in [-0.2, 0) is 11.0 Å². The maximum absolute atomic E-state index is 13.4. The SMILES string of the molecule is Cc1cc(=O)c(C(=O)NNC(=O)C(C)Oc2ccc(F)cc2)nn1-c1ccccc1C(F)(F)F. The lowest BCUT2D eigenvalue weighted by Gasteiger charge is -2.17. The number of aryl methyl sites for hydroxylation is 1. The maximum Gasteiger partial charge on any atom is 0.418 e. The molecular formula is C22H18F4N4O4. The summed E-state index contributed by atoms with van der Waals surface area (Å²) in [5.74, 6) is -2.26. The summed E-state index contributed by atoms with van der Waals surface area (Å²) in [6.45, 7) is 2.72. The van der Waals surface area contributed by atoms with Crippen LogP contribution >= 0.6 is 0 Å². The molecule has 178 valence electrons. The Morgan fingerprint density at radius 2 is 1.71 bits per heavy atom. The van der Waals surface area contributed by atoms with Gasteiger partial charge in [0.2, 0.25) is 5.43 Å². The van der Waals surface area contributed by atoms with Gasteiger partial charge < -0.3 is 4.74 Å². The number of benzene rings is 2. The molecule has 2 N–H and O–H groups in total. The van der Waals surface area contributed by atoms with Crippen molar-refractivity contribution in [2.24, 2.45) is 0 Å². The van der Waals surface area contributed by atoms with Gasteiger partial charge in [0.15, 0.2) is 11.8 Å². The van der Waals surface area contributed by atoms with E-state index in [1.54, 1.807) is 0 Å². The predicted molar refractivity (Wildman–Crippen MR) is 112 cm³/mol. The molecule has 34 heavy (non-hydrogen) atoms. The van der Waals surface area contributed by atoms with Crippen molar-refractivity contribution < 1.29 is 31.9 Å². The van der Waals surface area contributed by atoms with Crippen molar-refractivity contribution in [2.45, 2.75) is 26.1 Å². The van der Waals surface area contributed by atoms with Crippen LogP contribution < -0.4 is 21.0 Å². The van der Waals surface area contributed by atoms with Gasteiger partial charge >= 0.3 is 6.18 Å². The van der Waals surface area contributed by atoms with Crippen LogP contribution in [0.15, 0.2) is 59.4 Å². The van der Waals surface area contributed by atoms with Gasteiger partial charge in [0.1, 0.15) is 11.6 Å². The van der Waals surface area contributed by atoms with Crippen molar-refractivity contribution in [3.05, 3.63) is 87.6 Å². The molecule has 0 aliphatic rings. The van der Waals surface area contributed by atoms with Gasteiger partial charge in [-0.15, -0.1) is 0 Å². The fourth-order valence-corrected chi connectivity index (χ4v) is 2.90. The van der Waals surface area contributed by atoms with E-state index >= 15 is 0 Å². The summed E-state index contributed by atoms with van der Waals surface area (Å²) in [6, 6.07) is 10.4. The second kappa shape index (κ2) is 9.73. The molecule has 0 spiro atoms. The number of nitrogens with one attached hydrogen (secondary N) is 2. The minimum atomic E-state index is -4.70. The first-order chi connectivity index (χ1) is 16.0. The number of aromatic nitrogens is 2. The van der Waals surface area contributed by atoms with Gasteiger partial charge in [0.05, 0.1) is 11.3 Å². The third-order valence-electron chi connectivity index (χ3n) is 4.56. The van der Waals surface area contributed by atoms with Gasteiger partial charge in [-0.2, -0.15) is 18.3 Å². The average molecular weight is 478 g/mol. The summed E-state index contributed by atoms with van der Waals surface area (Å²) in [5, 5.41) is 3.79. The van der Waals surface area contributed by atoms with Gasteiger partial charge in [0, 0.05) is 11.8 Å². The Morgan fingerprint density at radius 3 is 2.35 bits per heavy atom. The van der Waals surface area contributed by atoms with E-state index in [0.29, 0.717) is 0 Å². The summed E-state index contributed by atoms with van der Waals surface area (Å²) >= 11 is 0. The first kappa shape index (κ1) is 24.4. The molecule has 8 nitrogen and oxygen atoms in total. The summed E-state index contributed by atoms with van der Waals surface area (Å²) in [7, 11) is 0. The van der Waals surface area contributed by atoms with Gasteiger partial charge in [-0.25, -0.2) is 9.07 Å². The zero-order valence-electron chi connectivity index (χ0n) is 17.8. The minimum Gasteiger partial charge on any atom is -0.481 e. The zero-order valence-corrected chi connectivity index (χ0v) is 17.8. The molecule has 2 amide bonds. The number of hydrogen-bond donors (Lipinski definition) is 2. The van der Waals surface area contributed by atoms with E-state index in [1.165, 1.54) is 38.1 Å². The topological polar surface area (TPSA) is 102 Å². The molecular weight excluding hydrogens is 460 g/mol. The number of amides is 2. The first-order valence-corrected chi connectivity index (χ1v) is 9.77. The number of alkyl halides is 3. The highest BCUT2D eigenvalue weighted by Crippen LogP contribution is 2.33. The molecule has 1 heterocycles. The molecule has 0 saturated heterocycles. The molecule has 12 heteroatoms. The Balaban J connectivity index is 1.78. The average Bonchev–Trinajstić information content (AvgIpc) is 2.78. The molecule has 0 fully saturated rings. The van der Waals surface area contributed by atoms with Crippen molar-refractivity contribution in [3.63, 3.8) is 0 Å². The number of carbonyl (C=O) groups excluding carboxylic acids is 2. The number of nitrogens with zero attached hydrogens (tertiary/aromatic N) is 2. The van der Waals surface area contributed by atoms with E-state index in [9.17, 15) is 31.9 Å². The van der Waals surface area contributed by atoms with E-state index in [-0.39, 0.29) is 17.1 Å². The van der Waals surface area contributed by atoms with E-state index in [0.717, 1.165) is 35.0 Å². The van der Waals surface area contributed by atoms with Crippen LogP contribution in [0, 0.1) is 12.7 Å². The second-order valence-corrected chi connectivity index (χ2v) is 7.08. The van der Waals surface area contributed by atoms with Gasteiger partial charge in [-0.3, -0.25) is 25.2 Å². The van der Waals surface area contributed by atoms with Crippen molar-refractivity contribution >= 4 is 11.8 Å². The van der Waals surface area contributed by atoms with E-state index in [4.69, 9.17) is 4.74 Å². The molecule has 0 aliphatic carbocycles. The van der Waals surface area contributed by atoms with Crippen LogP contribution in [0.1, 0.15) is 28.7 Å². The number of halogens is 4. The molecule has 1 unspecified atom stereocenters. The Morgan fingerprint density at radius 1 is 1.06 bits per heavy atom. The molecule has 1 aromatic heterocycles. The van der Waals surface area contributed by atoms with Crippen molar-refractivity contribution in [1.82, 2.24) is 20.6 Å². The van der Waals surface area contributed by atoms with Crippen LogP contribution in [-0.4, -0.2) is 27.7 Å². The molecule has 3 rings (SSSR count). The predicted octanol–water partition coefficient (Wildman–Crippen LogP) is 2.93. The summed E-state index contributed by atoms with van der Waals surface area (Å²) < 4.78 is 59.3. The number of ether oxygens (including phenoxy) is 1. The monoisotopic (exact) mass is 478 g/mol. The second-order valence-electron chi connectivity index (χ2n) is 7.08. The van der Waals surface area contributed by atoms with E-state index in [1.807, 2.05) is 10.9 Å². The maximum atomic E-state index is 13.4. The highest BCUT2D eigenvalue weighted by atomic mass is 19.4. The Bertz CT molecular complexity index is 1270. The lowest BCUT2D eigenvalue weighted by atomic mass is 10.1. The van der Waals surface area contributed by atoms with E-state index < -0.39 is 46.6 Å². The first-order valence-electron chi connectivity index (χ1n) is 9.77. The number of rotatable bonds is 5. The molecule has 3 aromatic rings. The standard InChI is InChI=1S/C22H18F4N4O4/c1-12-11-18(31)19(29-30(12)17-6-4-3-5-16(17)22(24,25)26)21(33)28-27-20(32)13(2)34-15-9-7-14(23)8-10-15/h3-11,13H,1-2H3,(H,27,32)(H,28,33). The highest BCUT2D eigenvalue weighted by molar-refractivity contribution is 5.94. The van der Waals surface area contributed by atoms with Gasteiger partial charge in [-0.05, 0) is 50.2 Å². The number of hydrazine groups is 1. The van der Waals surface area contributed by atoms with Crippen molar-refractivity contribution in [3.8, 4) is 11.4 Å². The van der Waals surface area contributed by atoms with Crippen molar-refractivity contribution in [1.29, 1.82) is 0 Å². The van der Waals surface area contributed by atoms with Crippen molar-refractivity contribution in [2.75, 3.05) is 0 Å². The molecule has 2 aromatic carbocycles. The molecule has 0 saturated carbocycles. The minimum absolute atomic E-state index is 0.0589.